The van der Waals surface area contributed by atoms with Crippen molar-refractivity contribution in [3.05, 3.63) is 53.9 Å². The summed E-state index contributed by atoms with van der Waals surface area (Å²) in [7, 11) is 0. The molecule has 0 unspecified atom stereocenters. The molecule has 0 saturated heterocycles. The first-order valence-electron chi connectivity index (χ1n) is 6.29. The van der Waals surface area contributed by atoms with E-state index in [0.29, 0.717) is 5.56 Å². The third-order valence-corrected chi connectivity index (χ3v) is 2.29. The van der Waals surface area contributed by atoms with Crippen LogP contribution in [0, 0.1) is 11.8 Å². The fourth-order valence-electron chi connectivity index (χ4n) is 1.46. The van der Waals surface area contributed by atoms with Crippen LogP contribution in [-0.4, -0.2) is 21.5 Å². The fraction of sp³-hybridized carbons (Fsp3) is 0.250. The van der Waals surface area contributed by atoms with E-state index in [1.165, 1.54) is 0 Å². The quantitative estimate of drug-likeness (QED) is 0.690. The predicted octanol–water partition coefficient (Wildman–Crippen LogP) is 3.07. The summed E-state index contributed by atoms with van der Waals surface area (Å²) in [6.07, 6.45) is 2.59. The van der Waals surface area contributed by atoms with Crippen molar-refractivity contribution in [1.29, 1.82) is 0 Å². The molecule has 102 valence electrons. The third-order valence-electron chi connectivity index (χ3n) is 2.29. The van der Waals surface area contributed by atoms with Gasteiger partial charge in [-0.05, 0) is 32.9 Å². The highest BCUT2D eigenvalue weighted by Gasteiger charge is 2.18. The molecule has 0 radical (unpaired) electrons. The molecule has 0 saturated carbocycles. The van der Waals surface area contributed by atoms with Gasteiger partial charge in [0.2, 0.25) is 0 Å². The maximum atomic E-state index is 11.8. The molecule has 0 bridgehead atoms. The SMILES string of the molecule is CC(C)(C)OC(=O)n1cc(C#Cc2ccccc2)cn1. The third kappa shape index (κ3) is 3.99. The van der Waals surface area contributed by atoms with Gasteiger partial charge >= 0.3 is 6.09 Å². The van der Waals surface area contributed by atoms with Crippen LogP contribution in [0.5, 0.6) is 0 Å². The number of hydrogen-bond donors (Lipinski definition) is 0. The zero-order valence-electron chi connectivity index (χ0n) is 11.8. The minimum atomic E-state index is -0.543. The molecule has 0 N–H and O–H groups in total. The predicted molar refractivity (Wildman–Crippen MR) is 76.3 cm³/mol. The second-order valence-corrected chi connectivity index (χ2v) is 5.27. The van der Waals surface area contributed by atoms with Gasteiger partial charge in [-0.1, -0.05) is 30.0 Å². The summed E-state index contributed by atoms with van der Waals surface area (Å²) in [6, 6.07) is 9.63. The van der Waals surface area contributed by atoms with E-state index in [0.717, 1.165) is 10.2 Å². The lowest BCUT2D eigenvalue weighted by Gasteiger charge is -2.18. The van der Waals surface area contributed by atoms with Gasteiger partial charge in [-0.15, -0.1) is 0 Å². The monoisotopic (exact) mass is 268 g/mol. The van der Waals surface area contributed by atoms with Gasteiger partial charge in [-0.25, -0.2) is 4.79 Å². The van der Waals surface area contributed by atoms with Crippen molar-refractivity contribution in [1.82, 2.24) is 9.78 Å². The molecule has 1 aromatic heterocycles. The van der Waals surface area contributed by atoms with E-state index in [1.807, 2.05) is 51.1 Å². The zero-order chi connectivity index (χ0) is 14.6. The van der Waals surface area contributed by atoms with Crippen molar-refractivity contribution in [2.24, 2.45) is 0 Å². The molecular formula is C16H16N2O2. The Hall–Kier alpha value is -2.54. The summed E-state index contributed by atoms with van der Waals surface area (Å²) in [6.45, 7) is 5.43. The summed E-state index contributed by atoms with van der Waals surface area (Å²) in [5, 5.41) is 3.95. The summed E-state index contributed by atoms with van der Waals surface area (Å²) in [5.74, 6) is 5.96. The lowest BCUT2D eigenvalue weighted by molar-refractivity contribution is 0.0514. The van der Waals surface area contributed by atoms with Gasteiger partial charge in [-0.2, -0.15) is 9.78 Å². The Morgan fingerprint density at radius 3 is 2.45 bits per heavy atom. The van der Waals surface area contributed by atoms with Crippen molar-refractivity contribution in [2.45, 2.75) is 26.4 Å². The molecule has 0 aliphatic carbocycles. The van der Waals surface area contributed by atoms with Crippen LogP contribution < -0.4 is 0 Å². The van der Waals surface area contributed by atoms with Crippen molar-refractivity contribution in [2.75, 3.05) is 0 Å². The van der Waals surface area contributed by atoms with Gasteiger partial charge in [0, 0.05) is 5.56 Å². The molecular weight excluding hydrogens is 252 g/mol. The van der Waals surface area contributed by atoms with E-state index in [2.05, 4.69) is 16.9 Å². The maximum Gasteiger partial charge on any atom is 0.435 e. The molecule has 0 amide bonds. The first-order chi connectivity index (χ1) is 9.44. The zero-order valence-corrected chi connectivity index (χ0v) is 11.8. The Kier molecular flexibility index (Phi) is 3.90. The first-order valence-corrected chi connectivity index (χ1v) is 6.29. The van der Waals surface area contributed by atoms with Crippen molar-refractivity contribution in [3.8, 4) is 11.8 Å². The van der Waals surface area contributed by atoms with E-state index < -0.39 is 11.7 Å². The Bertz CT molecular complexity index is 655. The van der Waals surface area contributed by atoms with Gasteiger partial charge in [0.25, 0.3) is 0 Å². The van der Waals surface area contributed by atoms with Crippen LogP contribution in [0.1, 0.15) is 31.9 Å². The van der Waals surface area contributed by atoms with Crippen molar-refractivity contribution in [3.63, 3.8) is 0 Å². The topological polar surface area (TPSA) is 44.1 Å². The summed E-state index contributed by atoms with van der Waals surface area (Å²) < 4.78 is 6.37. The summed E-state index contributed by atoms with van der Waals surface area (Å²) in [5.41, 5.74) is 1.04. The molecule has 0 fully saturated rings. The van der Waals surface area contributed by atoms with Crippen LogP contribution in [0.3, 0.4) is 0 Å². The van der Waals surface area contributed by atoms with Crippen LogP contribution in [0.25, 0.3) is 0 Å². The van der Waals surface area contributed by atoms with E-state index in [9.17, 15) is 4.79 Å². The van der Waals surface area contributed by atoms with Gasteiger partial charge in [0.1, 0.15) is 5.60 Å². The molecule has 1 heterocycles. The molecule has 1 aromatic carbocycles. The van der Waals surface area contributed by atoms with E-state index in [-0.39, 0.29) is 0 Å². The highest BCUT2D eigenvalue weighted by atomic mass is 16.6. The van der Waals surface area contributed by atoms with Crippen LogP contribution in [0.2, 0.25) is 0 Å². The maximum absolute atomic E-state index is 11.8. The van der Waals surface area contributed by atoms with Crippen LogP contribution >= 0.6 is 0 Å². The number of aromatic nitrogens is 2. The molecule has 0 atom stereocenters. The number of benzene rings is 1. The van der Waals surface area contributed by atoms with E-state index in [1.54, 1.807) is 12.4 Å². The van der Waals surface area contributed by atoms with E-state index >= 15 is 0 Å². The normalized spacial score (nSPS) is 10.6. The highest BCUT2D eigenvalue weighted by Crippen LogP contribution is 2.09. The largest absolute Gasteiger partial charge is 0.442 e. The second-order valence-electron chi connectivity index (χ2n) is 5.27. The van der Waals surface area contributed by atoms with Gasteiger partial charge in [0.05, 0.1) is 18.0 Å². The molecule has 2 aromatic rings. The van der Waals surface area contributed by atoms with Crippen molar-refractivity contribution < 1.29 is 9.53 Å². The van der Waals surface area contributed by atoms with E-state index in [4.69, 9.17) is 4.74 Å². The molecule has 20 heavy (non-hydrogen) atoms. The van der Waals surface area contributed by atoms with Gasteiger partial charge < -0.3 is 4.74 Å². The Balaban J connectivity index is 2.10. The number of carbonyl (C=O) groups is 1. The number of carbonyl (C=O) groups excluding carboxylic acids is 1. The number of nitrogens with zero attached hydrogens (tertiary/aromatic N) is 2. The van der Waals surface area contributed by atoms with Crippen LogP contribution in [0.4, 0.5) is 4.79 Å². The lowest BCUT2D eigenvalue weighted by Crippen LogP contribution is -2.27. The fourth-order valence-corrected chi connectivity index (χ4v) is 1.46. The number of ether oxygens (including phenoxy) is 1. The number of hydrogen-bond acceptors (Lipinski definition) is 3. The first kappa shape index (κ1) is 13.9. The lowest BCUT2D eigenvalue weighted by atomic mass is 10.2. The molecule has 4 nitrogen and oxygen atoms in total. The molecule has 0 aliphatic rings. The molecule has 4 heteroatoms. The standard InChI is InChI=1S/C16H16N2O2/c1-16(2,3)20-15(19)18-12-14(11-17-18)10-9-13-7-5-4-6-8-13/h4-8,11-12H,1-3H3. The van der Waals surface area contributed by atoms with Gasteiger partial charge in [0.15, 0.2) is 0 Å². The Morgan fingerprint density at radius 1 is 1.15 bits per heavy atom. The smallest absolute Gasteiger partial charge is 0.435 e. The Labute approximate surface area is 118 Å². The molecule has 0 aliphatic heterocycles. The minimum absolute atomic E-state index is 0.509. The van der Waals surface area contributed by atoms with Gasteiger partial charge in [-0.3, -0.25) is 0 Å². The summed E-state index contributed by atoms with van der Waals surface area (Å²) >= 11 is 0. The Morgan fingerprint density at radius 2 is 1.80 bits per heavy atom. The average molecular weight is 268 g/mol. The second kappa shape index (κ2) is 5.62. The molecule has 0 spiro atoms. The molecule has 2 rings (SSSR count). The summed E-state index contributed by atoms with van der Waals surface area (Å²) in [4.78, 5) is 11.8. The minimum Gasteiger partial charge on any atom is -0.442 e. The van der Waals surface area contributed by atoms with Crippen molar-refractivity contribution >= 4 is 6.09 Å². The highest BCUT2D eigenvalue weighted by molar-refractivity contribution is 5.70. The van der Waals surface area contributed by atoms with Crippen LogP contribution in [0.15, 0.2) is 42.7 Å². The number of rotatable bonds is 0. The average Bonchev–Trinajstić information content (AvgIpc) is 2.84. The van der Waals surface area contributed by atoms with Crippen LogP contribution in [-0.2, 0) is 4.74 Å².